The van der Waals surface area contributed by atoms with Gasteiger partial charge in [0.25, 0.3) is 5.91 Å². The van der Waals surface area contributed by atoms with E-state index >= 15 is 0 Å². The van der Waals surface area contributed by atoms with E-state index in [0.29, 0.717) is 24.2 Å². The summed E-state index contributed by atoms with van der Waals surface area (Å²) in [6.45, 7) is 0.585. The molecule has 0 unspecified atom stereocenters. The number of rotatable bonds is 6. The predicted octanol–water partition coefficient (Wildman–Crippen LogP) is 4.87. The quantitative estimate of drug-likeness (QED) is 0.664. The van der Waals surface area contributed by atoms with Crippen LogP contribution >= 0.6 is 0 Å². The average molecular weight is 352 g/mol. The number of carbonyl (C=O) groups excluding carboxylic acids is 1. The van der Waals surface area contributed by atoms with Gasteiger partial charge in [-0.05, 0) is 54.4 Å². The summed E-state index contributed by atoms with van der Waals surface area (Å²) in [6, 6.07) is 19.6. The third-order valence-electron chi connectivity index (χ3n) is 3.94. The minimum Gasteiger partial charge on any atom is -0.385 e. The summed E-state index contributed by atoms with van der Waals surface area (Å²) in [4.78, 5) is 12.1. The van der Waals surface area contributed by atoms with E-state index < -0.39 is 11.7 Å². The van der Waals surface area contributed by atoms with Gasteiger partial charge >= 0.3 is 0 Å². The summed E-state index contributed by atoms with van der Waals surface area (Å²) in [7, 11) is 0. The van der Waals surface area contributed by atoms with Crippen LogP contribution in [0.5, 0.6) is 0 Å². The number of benzene rings is 3. The first-order valence-electron chi connectivity index (χ1n) is 8.27. The molecule has 0 aliphatic heterocycles. The summed E-state index contributed by atoms with van der Waals surface area (Å²) in [5.74, 6) is -1.26. The van der Waals surface area contributed by atoms with Gasteiger partial charge in [-0.2, -0.15) is 0 Å². The second kappa shape index (κ2) is 8.25. The standard InChI is InChI=1S/C21H18F2N2O/c22-19-7-3-1-5-15(19)13-14-24-16-9-11-17(12-10-16)25-21(26)18-6-2-4-8-20(18)23/h1-12,24H,13-14H2,(H,25,26). The lowest BCUT2D eigenvalue weighted by molar-refractivity contribution is 0.102. The summed E-state index contributed by atoms with van der Waals surface area (Å²) in [5, 5.41) is 5.86. The van der Waals surface area contributed by atoms with E-state index in [1.54, 1.807) is 42.5 Å². The second-order valence-electron chi connectivity index (χ2n) is 5.78. The van der Waals surface area contributed by atoms with Crippen LogP contribution in [0.25, 0.3) is 0 Å². The van der Waals surface area contributed by atoms with Crippen LogP contribution in [-0.2, 0) is 6.42 Å². The molecule has 1 amide bonds. The minimum atomic E-state index is -0.559. The van der Waals surface area contributed by atoms with Crippen LogP contribution in [0.3, 0.4) is 0 Å². The van der Waals surface area contributed by atoms with E-state index in [2.05, 4.69) is 10.6 Å². The minimum absolute atomic E-state index is 0.000380. The zero-order valence-electron chi connectivity index (χ0n) is 14.0. The molecular formula is C21H18F2N2O. The van der Waals surface area contributed by atoms with Crippen molar-refractivity contribution in [2.24, 2.45) is 0 Å². The van der Waals surface area contributed by atoms with Crippen molar-refractivity contribution < 1.29 is 13.6 Å². The lowest BCUT2D eigenvalue weighted by Crippen LogP contribution is -2.13. The summed E-state index contributed by atoms with van der Waals surface area (Å²) >= 11 is 0. The van der Waals surface area contributed by atoms with Gasteiger partial charge in [-0.1, -0.05) is 30.3 Å². The molecule has 0 bridgehead atoms. The molecule has 2 N–H and O–H groups in total. The second-order valence-corrected chi connectivity index (χ2v) is 5.78. The van der Waals surface area contributed by atoms with E-state index in [-0.39, 0.29) is 11.4 Å². The number of halogens is 2. The number of nitrogens with one attached hydrogen (secondary N) is 2. The van der Waals surface area contributed by atoms with Crippen molar-refractivity contribution in [1.29, 1.82) is 0 Å². The van der Waals surface area contributed by atoms with Crippen LogP contribution in [0.1, 0.15) is 15.9 Å². The lowest BCUT2D eigenvalue weighted by atomic mass is 10.1. The summed E-state index contributed by atoms with van der Waals surface area (Å²) < 4.78 is 27.2. The number of anilines is 2. The van der Waals surface area contributed by atoms with Crippen LogP contribution in [-0.4, -0.2) is 12.5 Å². The molecule has 0 atom stereocenters. The highest BCUT2D eigenvalue weighted by Crippen LogP contribution is 2.16. The van der Waals surface area contributed by atoms with Crippen molar-refractivity contribution in [1.82, 2.24) is 0 Å². The Morgan fingerprint density at radius 2 is 1.38 bits per heavy atom. The number of amides is 1. The molecule has 0 radical (unpaired) electrons. The van der Waals surface area contributed by atoms with Crippen LogP contribution in [0, 0.1) is 11.6 Å². The molecule has 0 fully saturated rings. The van der Waals surface area contributed by atoms with E-state index in [1.807, 2.05) is 6.07 Å². The Morgan fingerprint density at radius 1 is 0.769 bits per heavy atom. The van der Waals surface area contributed by atoms with Crippen LogP contribution in [0.15, 0.2) is 72.8 Å². The molecule has 0 spiro atoms. The lowest BCUT2D eigenvalue weighted by Gasteiger charge is -2.09. The van der Waals surface area contributed by atoms with Gasteiger partial charge < -0.3 is 10.6 Å². The maximum atomic E-state index is 13.6. The van der Waals surface area contributed by atoms with E-state index in [0.717, 1.165) is 5.69 Å². The van der Waals surface area contributed by atoms with Gasteiger partial charge in [-0.3, -0.25) is 4.79 Å². The highest BCUT2D eigenvalue weighted by atomic mass is 19.1. The van der Waals surface area contributed by atoms with E-state index in [9.17, 15) is 13.6 Å². The zero-order chi connectivity index (χ0) is 18.4. The molecule has 0 aliphatic rings. The van der Waals surface area contributed by atoms with Crippen molar-refractivity contribution in [3.8, 4) is 0 Å². The molecule has 0 aliphatic carbocycles. The maximum Gasteiger partial charge on any atom is 0.258 e. The number of hydrogen-bond acceptors (Lipinski definition) is 2. The van der Waals surface area contributed by atoms with Gasteiger partial charge in [0.15, 0.2) is 0 Å². The van der Waals surface area contributed by atoms with Crippen molar-refractivity contribution in [2.75, 3.05) is 17.2 Å². The van der Waals surface area contributed by atoms with Gasteiger partial charge in [0.05, 0.1) is 5.56 Å². The normalized spacial score (nSPS) is 10.4. The molecule has 3 nitrogen and oxygen atoms in total. The zero-order valence-corrected chi connectivity index (χ0v) is 14.0. The highest BCUT2D eigenvalue weighted by molar-refractivity contribution is 6.04. The molecule has 3 rings (SSSR count). The Morgan fingerprint density at radius 3 is 2.08 bits per heavy atom. The molecule has 3 aromatic rings. The Kier molecular flexibility index (Phi) is 5.59. The first-order chi connectivity index (χ1) is 12.6. The summed E-state index contributed by atoms with van der Waals surface area (Å²) in [6.07, 6.45) is 0.568. The Balaban J connectivity index is 1.54. The first kappa shape index (κ1) is 17.6. The molecule has 5 heteroatoms. The fourth-order valence-corrected chi connectivity index (χ4v) is 2.56. The molecule has 0 heterocycles. The first-order valence-corrected chi connectivity index (χ1v) is 8.27. The van der Waals surface area contributed by atoms with Crippen molar-refractivity contribution in [2.45, 2.75) is 6.42 Å². The molecule has 0 saturated heterocycles. The smallest absolute Gasteiger partial charge is 0.258 e. The fourth-order valence-electron chi connectivity index (χ4n) is 2.56. The van der Waals surface area contributed by atoms with E-state index in [4.69, 9.17) is 0 Å². The van der Waals surface area contributed by atoms with Gasteiger partial charge in [-0.25, -0.2) is 8.78 Å². The monoisotopic (exact) mass is 352 g/mol. The van der Waals surface area contributed by atoms with Gasteiger partial charge in [0, 0.05) is 17.9 Å². The van der Waals surface area contributed by atoms with Gasteiger partial charge in [-0.15, -0.1) is 0 Å². The van der Waals surface area contributed by atoms with Crippen molar-refractivity contribution in [3.63, 3.8) is 0 Å². The fraction of sp³-hybridized carbons (Fsp3) is 0.0952. The largest absolute Gasteiger partial charge is 0.385 e. The molecular weight excluding hydrogens is 334 g/mol. The Bertz CT molecular complexity index is 895. The molecule has 3 aromatic carbocycles. The van der Waals surface area contributed by atoms with Crippen LogP contribution in [0.2, 0.25) is 0 Å². The third-order valence-corrected chi connectivity index (χ3v) is 3.94. The van der Waals surface area contributed by atoms with Gasteiger partial charge in [0.2, 0.25) is 0 Å². The average Bonchev–Trinajstić information content (AvgIpc) is 2.65. The number of hydrogen-bond donors (Lipinski definition) is 2. The van der Waals surface area contributed by atoms with E-state index in [1.165, 1.54) is 24.3 Å². The predicted molar refractivity (Wildman–Crippen MR) is 99.4 cm³/mol. The highest BCUT2D eigenvalue weighted by Gasteiger charge is 2.10. The van der Waals surface area contributed by atoms with Crippen molar-refractivity contribution >= 4 is 17.3 Å². The topological polar surface area (TPSA) is 41.1 Å². The van der Waals surface area contributed by atoms with Crippen LogP contribution < -0.4 is 10.6 Å². The maximum absolute atomic E-state index is 13.6. The summed E-state index contributed by atoms with van der Waals surface area (Å²) in [5.41, 5.74) is 2.08. The van der Waals surface area contributed by atoms with Crippen LogP contribution in [0.4, 0.5) is 20.2 Å². The van der Waals surface area contributed by atoms with Crippen molar-refractivity contribution in [3.05, 3.63) is 95.6 Å². The third kappa shape index (κ3) is 4.45. The Labute approximate surface area is 150 Å². The SMILES string of the molecule is O=C(Nc1ccc(NCCc2ccccc2F)cc1)c1ccccc1F. The van der Waals surface area contributed by atoms with Gasteiger partial charge in [0.1, 0.15) is 11.6 Å². The molecule has 132 valence electrons. The molecule has 0 saturated carbocycles. The number of carbonyl (C=O) groups is 1. The Hall–Kier alpha value is -3.21. The molecule has 26 heavy (non-hydrogen) atoms. The molecule has 0 aromatic heterocycles.